The summed E-state index contributed by atoms with van der Waals surface area (Å²) in [5.41, 5.74) is 2.95. The summed E-state index contributed by atoms with van der Waals surface area (Å²) in [6, 6.07) is 0. The molecule has 1 aliphatic carbocycles. The highest BCUT2D eigenvalue weighted by atomic mass is 14.2. The van der Waals surface area contributed by atoms with E-state index in [-0.39, 0.29) is 0 Å². The fourth-order valence-electron chi connectivity index (χ4n) is 1.57. The summed E-state index contributed by atoms with van der Waals surface area (Å²) in [4.78, 5) is 0. The van der Waals surface area contributed by atoms with Crippen molar-refractivity contribution < 1.29 is 0 Å². The molecule has 56 valence electrons. The topological polar surface area (TPSA) is 0 Å². The molecular formula is C10H16. The third-order valence-corrected chi connectivity index (χ3v) is 2.38. The molecular weight excluding hydrogens is 120 g/mol. The van der Waals surface area contributed by atoms with Crippen LogP contribution < -0.4 is 0 Å². The Morgan fingerprint density at radius 3 is 2.40 bits per heavy atom. The quantitative estimate of drug-likeness (QED) is 0.486. The Kier molecular flexibility index (Phi) is 1.98. The standard InChI is InChI=1S/C10H16/c1-7(2)10-6-5-8(3)9(10)4/h6-7,9H,3,5H2,1-2,4H3/t9-/m0/s1. The first-order valence-electron chi connectivity index (χ1n) is 4.00. The van der Waals surface area contributed by atoms with Crippen LogP contribution in [-0.2, 0) is 0 Å². The molecule has 1 rings (SSSR count). The van der Waals surface area contributed by atoms with Crippen LogP contribution in [0, 0.1) is 11.8 Å². The fraction of sp³-hybridized carbons (Fsp3) is 0.600. The first-order chi connectivity index (χ1) is 4.63. The van der Waals surface area contributed by atoms with Crippen LogP contribution >= 0.6 is 0 Å². The van der Waals surface area contributed by atoms with Gasteiger partial charge < -0.3 is 0 Å². The minimum absolute atomic E-state index is 0.639. The van der Waals surface area contributed by atoms with E-state index < -0.39 is 0 Å². The van der Waals surface area contributed by atoms with Gasteiger partial charge in [0.05, 0.1) is 0 Å². The third kappa shape index (κ3) is 1.16. The van der Waals surface area contributed by atoms with Gasteiger partial charge in [-0.15, -0.1) is 0 Å². The molecule has 0 radical (unpaired) electrons. The van der Waals surface area contributed by atoms with Gasteiger partial charge >= 0.3 is 0 Å². The normalized spacial score (nSPS) is 25.8. The van der Waals surface area contributed by atoms with Crippen molar-refractivity contribution in [2.24, 2.45) is 11.8 Å². The lowest BCUT2D eigenvalue weighted by atomic mass is 9.92. The number of hydrogen-bond donors (Lipinski definition) is 0. The Hall–Kier alpha value is -0.520. The van der Waals surface area contributed by atoms with Crippen LogP contribution in [0.2, 0.25) is 0 Å². The Bertz CT molecular complexity index is 172. The van der Waals surface area contributed by atoms with E-state index in [0.29, 0.717) is 11.8 Å². The minimum atomic E-state index is 0.639. The Morgan fingerprint density at radius 2 is 2.20 bits per heavy atom. The average molecular weight is 136 g/mol. The van der Waals surface area contributed by atoms with Crippen LogP contribution in [0.25, 0.3) is 0 Å². The van der Waals surface area contributed by atoms with Crippen molar-refractivity contribution in [3.63, 3.8) is 0 Å². The number of allylic oxidation sites excluding steroid dienone is 3. The van der Waals surface area contributed by atoms with Gasteiger partial charge in [0.25, 0.3) is 0 Å². The van der Waals surface area contributed by atoms with Crippen molar-refractivity contribution in [2.75, 3.05) is 0 Å². The van der Waals surface area contributed by atoms with Crippen LogP contribution in [0.3, 0.4) is 0 Å². The van der Waals surface area contributed by atoms with Crippen molar-refractivity contribution in [1.29, 1.82) is 0 Å². The molecule has 1 aliphatic rings. The second kappa shape index (κ2) is 2.61. The molecule has 0 heteroatoms. The largest absolute Gasteiger partial charge is 0.0990 e. The van der Waals surface area contributed by atoms with Crippen molar-refractivity contribution in [3.05, 3.63) is 23.8 Å². The molecule has 1 atom stereocenters. The highest BCUT2D eigenvalue weighted by molar-refractivity contribution is 5.28. The lowest BCUT2D eigenvalue weighted by molar-refractivity contribution is 0.664. The monoisotopic (exact) mass is 136 g/mol. The molecule has 0 aromatic heterocycles. The molecule has 0 fully saturated rings. The molecule has 10 heavy (non-hydrogen) atoms. The first kappa shape index (κ1) is 7.59. The third-order valence-electron chi connectivity index (χ3n) is 2.38. The van der Waals surface area contributed by atoms with Crippen molar-refractivity contribution in [1.82, 2.24) is 0 Å². The summed E-state index contributed by atoms with van der Waals surface area (Å²) >= 11 is 0. The van der Waals surface area contributed by atoms with Gasteiger partial charge in [0.15, 0.2) is 0 Å². The molecule has 0 amide bonds. The Balaban J connectivity index is 2.72. The molecule has 0 saturated carbocycles. The molecule has 0 heterocycles. The second-order valence-corrected chi connectivity index (χ2v) is 3.44. The van der Waals surface area contributed by atoms with Gasteiger partial charge in [0.1, 0.15) is 0 Å². The molecule has 0 bridgehead atoms. The molecule has 0 aromatic carbocycles. The number of rotatable bonds is 1. The van der Waals surface area contributed by atoms with Gasteiger partial charge in [-0.1, -0.05) is 44.6 Å². The van der Waals surface area contributed by atoms with Crippen LogP contribution in [0.5, 0.6) is 0 Å². The van der Waals surface area contributed by atoms with E-state index in [1.807, 2.05) is 0 Å². The second-order valence-electron chi connectivity index (χ2n) is 3.44. The highest BCUT2D eigenvalue weighted by Crippen LogP contribution is 2.33. The summed E-state index contributed by atoms with van der Waals surface area (Å²) in [5.74, 6) is 1.34. The SMILES string of the molecule is C=C1CC=C(C(C)C)[C@H]1C. The molecule has 0 spiro atoms. The molecule has 0 saturated heterocycles. The van der Waals surface area contributed by atoms with Gasteiger partial charge in [-0.25, -0.2) is 0 Å². The first-order valence-corrected chi connectivity index (χ1v) is 4.00. The molecule has 0 aliphatic heterocycles. The van der Waals surface area contributed by atoms with E-state index in [4.69, 9.17) is 0 Å². The maximum Gasteiger partial charge on any atom is -0.00184 e. The van der Waals surface area contributed by atoms with E-state index in [1.165, 1.54) is 5.57 Å². The summed E-state index contributed by atoms with van der Waals surface area (Å²) in [6.07, 6.45) is 3.44. The van der Waals surface area contributed by atoms with E-state index in [1.54, 1.807) is 5.57 Å². The smallest absolute Gasteiger partial charge is 0.00184 e. The van der Waals surface area contributed by atoms with Crippen LogP contribution in [-0.4, -0.2) is 0 Å². The summed E-state index contributed by atoms with van der Waals surface area (Å²) in [5, 5.41) is 0. The zero-order chi connectivity index (χ0) is 7.72. The Morgan fingerprint density at radius 1 is 1.60 bits per heavy atom. The zero-order valence-electron chi connectivity index (χ0n) is 7.15. The van der Waals surface area contributed by atoms with E-state index in [0.717, 1.165) is 6.42 Å². The van der Waals surface area contributed by atoms with Gasteiger partial charge in [-0.3, -0.25) is 0 Å². The maximum absolute atomic E-state index is 4.02. The summed E-state index contributed by atoms with van der Waals surface area (Å²) in [6.45, 7) is 10.8. The van der Waals surface area contributed by atoms with Crippen LogP contribution in [0.4, 0.5) is 0 Å². The van der Waals surface area contributed by atoms with Crippen molar-refractivity contribution in [3.8, 4) is 0 Å². The fourth-order valence-corrected chi connectivity index (χ4v) is 1.57. The van der Waals surface area contributed by atoms with Gasteiger partial charge in [-0.2, -0.15) is 0 Å². The average Bonchev–Trinajstić information content (AvgIpc) is 2.14. The molecule has 0 N–H and O–H groups in total. The van der Waals surface area contributed by atoms with E-state index in [9.17, 15) is 0 Å². The number of hydrogen-bond acceptors (Lipinski definition) is 0. The van der Waals surface area contributed by atoms with E-state index >= 15 is 0 Å². The summed E-state index contributed by atoms with van der Waals surface area (Å²) in [7, 11) is 0. The predicted molar refractivity (Wildman–Crippen MR) is 45.8 cm³/mol. The van der Waals surface area contributed by atoms with Gasteiger partial charge in [-0.05, 0) is 18.3 Å². The van der Waals surface area contributed by atoms with E-state index in [2.05, 4.69) is 33.4 Å². The molecule has 0 aromatic rings. The van der Waals surface area contributed by atoms with Gasteiger partial charge in [0, 0.05) is 0 Å². The maximum atomic E-state index is 4.02. The lowest BCUT2D eigenvalue weighted by Gasteiger charge is -2.13. The molecule has 0 unspecified atom stereocenters. The van der Waals surface area contributed by atoms with Crippen molar-refractivity contribution in [2.45, 2.75) is 27.2 Å². The Labute approximate surface area is 63.6 Å². The van der Waals surface area contributed by atoms with Crippen molar-refractivity contribution >= 4 is 0 Å². The molecule has 0 nitrogen and oxygen atoms in total. The lowest BCUT2D eigenvalue weighted by Crippen LogP contribution is -2.01. The minimum Gasteiger partial charge on any atom is -0.0990 e. The van der Waals surface area contributed by atoms with Gasteiger partial charge in [0.2, 0.25) is 0 Å². The summed E-state index contributed by atoms with van der Waals surface area (Å²) < 4.78 is 0. The zero-order valence-corrected chi connectivity index (χ0v) is 7.15. The van der Waals surface area contributed by atoms with Crippen LogP contribution in [0.1, 0.15) is 27.2 Å². The highest BCUT2D eigenvalue weighted by Gasteiger charge is 2.19. The predicted octanol–water partition coefficient (Wildman–Crippen LogP) is 3.16. The van der Waals surface area contributed by atoms with Crippen LogP contribution in [0.15, 0.2) is 23.8 Å².